The number of benzene rings is 2. The Bertz CT molecular complexity index is 735. The van der Waals surface area contributed by atoms with Crippen LogP contribution in [0, 0.1) is 0 Å². The van der Waals surface area contributed by atoms with Crippen LogP contribution in [0.2, 0.25) is 10.0 Å². The van der Waals surface area contributed by atoms with Gasteiger partial charge in [0.2, 0.25) is 5.91 Å². The second-order valence-electron chi connectivity index (χ2n) is 5.21. The highest BCUT2D eigenvalue weighted by atomic mass is 35.5. The first-order valence-corrected chi connectivity index (χ1v) is 9.34. The number of rotatable bonds is 7. The lowest BCUT2D eigenvalue weighted by Gasteiger charge is -2.14. The van der Waals surface area contributed by atoms with Crippen molar-refractivity contribution in [3.05, 3.63) is 52.0 Å². The van der Waals surface area contributed by atoms with E-state index in [4.69, 9.17) is 32.7 Å². The van der Waals surface area contributed by atoms with Crippen molar-refractivity contribution in [3.8, 4) is 11.5 Å². The summed E-state index contributed by atoms with van der Waals surface area (Å²) in [5.41, 5.74) is 1.48. The standard InChI is InChI=1S/C18H19Cl2NO3S/c1-11(25-10-13-14(19)5-4-6-15(13)20)18(22)21-12-7-8-16(23-2)17(9-12)24-3/h4-9,11H,10H2,1-3H3,(H,21,22). The van der Waals surface area contributed by atoms with Gasteiger partial charge in [0.15, 0.2) is 11.5 Å². The third-order valence-corrected chi connectivity index (χ3v) is 5.44. The molecule has 0 aliphatic heterocycles. The topological polar surface area (TPSA) is 47.6 Å². The van der Waals surface area contributed by atoms with Crippen molar-refractivity contribution < 1.29 is 14.3 Å². The number of ether oxygens (including phenoxy) is 2. The summed E-state index contributed by atoms with van der Waals surface area (Å²) in [7, 11) is 3.12. The van der Waals surface area contributed by atoms with Crippen LogP contribution in [0.4, 0.5) is 5.69 Å². The maximum absolute atomic E-state index is 12.4. The van der Waals surface area contributed by atoms with Crippen molar-refractivity contribution in [1.29, 1.82) is 0 Å². The summed E-state index contributed by atoms with van der Waals surface area (Å²) in [6.07, 6.45) is 0. The third-order valence-electron chi connectivity index (χ3n) is 3.56. The van der Waals surface area contributed by atoms with Crippen LogP contribution in [0.3, 0.4) is 0 Å². The summed E-state index contributed by atoms with van der Waals surface area (Å²) in [6.45, 7) is 1.84. The van der Waals surface area contributed by atoms with Crippen LogP contribution in [-0.4, -0.2) is 25.4 Å². The first kappa shape index (κ1) is 19.8. The largest absolute Gasteiger partial charge is 0.493 e. The summed E-state index contributed by atoms with van der Waals surface area (Å²) in [4.78, 5) is 12.4. The zero-order chi connectivity index (χ0) is 18.4. The number of hydrogen-bond donors (Lipinski definition) is 1. The molecule has 0 aliphatic rings. The lowest BCUT2D eigenvalue weighted by atomic mass is 10.2. The highest BCUT2D eigenvalue weighted by Crippen LogP contribution is 2.32. The van der Waals surface area contributed by atoms with Gasteiger partial charge >= 0.3 is 0 Å². The number of halogens is 2. The molecule has 0 bridgehead atoms. The van der Waals surface area contributed by atoms with Crippen molar-refractivity contribution in [3.63, 3.8) is 0 Å². The molecule has 0 fully saturated rings. The van der Waals surface area contributed by atoms with Gasteiger partial charge < -0.3 is 14.8 Å². The van der Waals surface area contributed by atoms with E-state index in [0.717, 1.165) is 5.56 Å². The van der Waals surface area contributed by atoms with Crippen LogP contribution in [0.1, 0.15) is 12.5 Å². The Labute approximate surface area is 161 Å². The molecule has 2 aromatic carbocycles. The van der Waals surface area contributed by atoms with E-state index in [1.807, 2.05) is 6.92 Å². The maximum Gasteiger partial charge on any atom is 0.237 e. The smallest absolute Gasteiger partial charge is 0.237 e. The van der Waals surface area contributed by atoms with E-state index in [1.165, 1.54) is 11.8 Å². The van der Waals surface area contributed by atoms with E-state index in [9.17, 15) is 4.79 Å². The molecule has 0 aromatic heterocycles. The molecule has 1 unspecified atom stereocenters. The van der Waals surface area contributed by atoms with Gasteiger partial charge in [-0.25, -0.2) is 0 Å². The minimum absolute atomic E-state index is 0.111. The summed E-state index contributed by atoms with van der Waals surface area (Å²) >= 11 is 13.8. The molecule has 0 heterocycles. The number of amides is 1. The van der Waals surface area contributed by atoms with Crippen molar-refractivity contribution >= 4 is 46.6 Å². The van der Waals surface area contributed by atoms with E-state index in [2.05, 4.69) is 5.32 Å². The molecule has 0 saturated heterocycles. The Balaban J connectivity index is 1.98. The number of thioether (sulfide) groups is 1. The zero-order valence-corrected chi connectivity index (χ0v) is 16.5. The summed E-state index contributed by atoms with van der Waals surface area (Å²) < 4.78 is 10.4. The minimum Gasteiger partial charge on any atom is -0.493 e. The van der Waals surface area contributed by atoms with Gasteiger partial charge in [-0.05, 0) is 36.8 Å². The van der Waals surface area contributed by atoms with Gasteiger partial charge in [0.05, 0.1) is 19.5 Å². The van der Waals surface area contributed by atoms with E-state index in [1.54, 1.807) is 50.6 Å². The van der Waals surface area contributed by atoms with Crippen molar-refractivity contribution in [2.75, 3.05) is 19.5 Å². The molecular weight excluding hydrogens is 381 g/mol. The molecule has 0 radical (unpaired) electrons. The van der Waals surface area contributed by atoms with Gasteiger partial charge in [0, 0.05) is 27.6 Å². The fourth-order valence-corrected chi connectivity index (χ4v) is 3.74. The lowest BCUT2D eigenvalue weighted by molar-refractivity contribution is -0.115. The SMILES string of the molecule is COc1ccc(NC(=O)C(C)SCc2c(Cl)cccc2Cl)cc1OC. The predicted molar refractivity (Wildman–Crippen MR) is 105 cm³/mol. The average Bonchev–Trinajstić information content (AvgIpc) is 2.60. The van der Waals surface area contributed by atoms with E-state index >= 15 is 0 Å². The van der Waals surface area contributed by atoms with E-state index in [0.29, 0.717) is 33.0 Å². The Kier molecular flexibility index (Phi) is 7.29. The number of nitrogens with one attached hydrogen (secondary N) is 1. The Morgan fingerprint density at radius 3 is 2.36 bits per heavy atom. The molecule has 0 saturated carbocycles. The van der Waals surface area contributed by atoms with Crippen molar-refractivity contribution in [2.45, 2.75) is 17.9 Å². The Morgan fingerprint density at radius 2 is 1.76 bits per heavy atom. The van der Waals surface area contributed by atoms with Crippen LogP contribution in [0.5, 0.6) is 11.5 Å². The Hall–Kier alpha value is -1.56. The molecule has 134 valence electrons. The Morgan fingerprint density at radius 1 is 1.12 bits per heavy atom. The molecule has 0 spiro atoms. The molecule has 1 amide bonds. The number of carbonyl (C=O) groups excluding carboxylic acids is 1. The lowest BCUT2D eigenvalue weighted by Crippen LogP contribution is -2.22. The van der Waals surface area contributed by atoms with Gasteiger partial charge in [-0.3, -0.25) is 4.79 Å². The quantitative estimate of drug-likeness (QED) is 0.688. The normalized spacial score (nSPS) is 11.7. The van der Waals surface area contributed by atoms with Crippen LogP contribution >= 0.6 is 35.0 Å². The first-order valence-electron chi connectivity index (χ1n) is 7.53. The summed E-state index contributed by atoms with van der Waals surface area (Å²) in [6, 6.07) is 10.6. The molecule has 2 aromatic rings. The highest BCUT2D eigenvalue weighted by molar-refractivity contribution is 7.99. The monoisotopic (exact) mass is 399 g/mol. The molecule has 7 heteroatoms. The van der Waals surface area contributed by atoms with Crippen LogP contribution in [0.25, 0.3) is 0 Å². The fraction of sp³-hybridized carbons (Fsp3) is 0.278. The molecule has 1 atom stereocenters. The molecule has 4 nitrogen and oxygen atoms in total. The maximum atomic E-state index is 12.4. The van der Waals surface area contributed by atoms with Gasteiger partial charge in [-0.2, -0.15) is 0 Å². The van der Waals surface area contributed by atoms with Crippen LogP contribution in [-0.2, 0) is 10.5 Å². The number of anilines is 1. The zero-order valence-electron chi connectivity index (χ0n) is 14.1. The van der Waals surface area contributed by atoms with Gasteiger partial charge in [-0.1, -0.05) is 29.3 Å². The number of methoxy groups -OCH3 is 2. The van der Waals surface area contributed by atoms with Crippen molar-refractivity contribution in [2.24, 2.45) is 0 Å². The third kappa shape index (κ3) is 5.21. The van der Waals surface area contributed by atoms with Gasteiger partial charge in [-0.15, -0.1) is 11.8 Å². The van der Waals surface area contributed by atoms with E-state index < -0.39 is 0 Å². The second-order valence-corrected chi connectivity index (χ2v) is 7.36. The van der Waals surface area contributed by atoms with Crippen LogP contribution < -0.4 is 14.8 Å². The summed E-state index contributed by atoms with van der Waals surface area (Å²) in [5, 5.41) is 3.80. The van der Waals surface area contributed by atoms with Gasteiger partial charge in [0.25, 0.3) is 0 Å². The number of carbonyl (C=O) groups is 1. The van der Waals surface area contributed by atoms with Crippen molar-refractivity contribution in [1.82, 2.24) is 0 Å². The van der Waals surface area contributed by atoms with Gasteiger partial charge in [0.1, 0.15) is 0 Å². The fourth-order valence-electron chi connectivity index (χ4n) is 2.11. The minimum atomic E-state index is -0.277. The number of hydrogen-bond acceptors (Lipinski definition) is 4. The molecule has 2 rings (SSSR count). The van der Waals surface area contributed by atoms with Crippen LogP contribution in [0.15, 0.2) is 36.4 Å². The molecule has 1 N–H and O–H groups in total. The molecule has 25 heavy (non-hydrogen) atoms. The van der Waals surface area contributed by atoms with E-state index in [-0.39, 0.29) is 11.2 Å². The predicted octanol–water partition coefficient (Wildman–Crippen LogP) is 5.27. The molecular formula is C18H19Cl2NO3S. The average molecular weight is 400 g/mol. The first-order chi connectivity index (χ1) is 12.0. The second kappa shape index (κ2) is 9.22. The highest BCUT2D eigenvalue weighted by Gasteiger charge is 2.16. The molecule has 0 aliphatic carbocycles. The summed E-state index contributed by atoms with van der Waals surface area (Å²) in [5.74, 6) is 1.61.